The molecule has 1 aromatic rings. The predicted molar refractivity (Wildman–Crippen MR) is 81.6 cm³/mol. The van der Waals surface area contributed by atoms with Crippen LogP contribution in [0.25, 0.3) is 0 Å². The van der Waals surface area contributed by atoms with Crippen LogP contribution in [0.2, 0.25) is 0 Å². The molecular formula is C17H24F2N2O2. The van der Waals surface area contributed by atoms with Crippen LogP contribution in [0, 0.1) is 5.41 Å². The maximum absolute atomic E-state index is 13.2. The highest BCUT2D eigenvalue weighted by Gasteiger charge is 2.39. The van der Waals surface area contributed by atoms with Crippen LogP contribution in [0.4, 0.5) is 8.78 Å². The van der Waals surface area contributed by atoms with Crippen molar-refractivity contribution >= 4 is 5.91 Å². The quantitative estimate of drug-likeness (QED) is 0.881. The fourth-order valence-corrected chi connectivity index (χ4v) is 3.10. The first-order chi connectivity index (χ1) is 10.7. The van der Waals surface area contributed by atoms with Crippen molar-refractivity contribution < 1.29 is 18.0 Å². The maximum Gasteiger partial charge on any atom is 0.289 e. The van der Waals surface area contributed by atoms with Gasteiger partial charge in [0.25, 0.3) is 12.3 Å². The van der Waals surface area contributed by atoms with Gasteiger partial charge in [0, 0.05) is 11.5 Å². The summed E-state index contributed by atoms with van der Waals surface area (Å²) in [7, 11) is 0. The van der Waals surface area contributed by atoms with Crippen molar-refractivity contribution in [2.45, 2.75) is 77.2 Å². The van der Waals surface area contributed by atoms with Crippen molar-refractivity contribution in [3.05, 3.63) is 17.3 Å². The molecule has 0 aromatic carbocycles. The lowest BCUT2D eigenvalue weighted by Crippen LogP contribution is -2.49. The lowest BCUT2D eigenvalue weighted by Gasteiger charge is -2.41. The van der Waals surface area contributed by atoms with Gasteiger partial charge in [0.2, 0.25) is 5.76 Å². The smallest absolute Gasteiger partial charge is 0.289 e. The first kappa shape index (κ1) is 16.4. The molecule has 2 saturated carbocycles. The Labute approximate surface area is 135 Å². The lowest BCUT2D eigenvalue weighted by molar-refractivity contribution is 0.0784. The number of halogens is 2. The van der Waals surface area contributed by atoms with Crippen LogP contribution in [0.15, 0.2) is 4.42 Å². The molecule has 3 rings (SSSR count). The standard InChI is InChI=1S/C17H24F2N2O2/c1-16(2)6-8-17(3,9-7-16)21-14(22)12-11(13(18)19)20-15(23-12)10-4-5-10/h10,13H,4-9H2,1-3H3,(H,21,22). The third kappa shape index (κ3) is 3.56. The molecule has 0 radical (unpaired) electrons. The average Bonchev–Trinajstić information content (AvgIpc) is 3.21. The van der Waals surface area contributed by atoms with Crippen LogP contribution in [0.5, 0.6) is 0 Å². The van der Waals surface area contributed by atoms with Gasteiger partial charge in [-0.15, -0.1) is 0 Å². The Kier molecular flexibility index (Phi) is 3.97. The normalized spacial score (nSPS) is 23.0. The molecule has 4 nitrogen and oxygen atoms in total. The number of rotatable bonds is 4. The molecule has 0 atom stereocenters. The van der Waals surface area contributed by atoms with Gasteiger partial charge in [-0.1, -0.05) is 13.8 Å². The number of aromatic nitrogens is 1. The summed E-state index contributed by atoms with van der Waals surface area (Å²) in [5, 5.41) is 2.91. The number of nitrogens with zero attached hydrogens (tertiary/aromatic N) is 1. The summed E-state index contributed by atoms with van der Waals surface area (Å²) in [6, 6.07) is 0. The number of oxazole rings is 1. The second-order valence-corrected chi connectivity index (χ2v) is 8.02. The Bertz CT molecular complexity index is 596. The fraction of sp³-hybridized carbons (Fsp3) is 0.765. The highest BCUT2D eigenvalue weighted by molar-refractivity contribution is 5.93. The van der Waals surface area contributed by atoms with Crippen LogP contribution in [-0.4, -0.2) is 16.4 Å². The van der Waals surface area contributed by atoms with E-state index in [0.29, 0.717) is 0 Å². The maximum atomic E-state index is 13.2. The van der Waals surface area contributed by atoms with Crippen LogP contribution in [-0.2, 0) is 0 Å². The van der Waals surface area contributed by atoms with Gasteiger partial charge in [0.05, 0.1) is 0 Å². The molecule has 1 N–H and O–H groups in total. The predicted octanol–water partition coefficient (Wildman–Crippen LogP) is 4.58. The number of hydrogen-bond acceptors (Lipinski definition) is 3. The van der Waals surface area contributed by atoms with E-state index in [-0.39, 0.29) is 28.5 Å². The van der Waals surface area contributed by atoms with Crippen molar-refractivity contribution in [3.8, 4) is 0 Å². The summed E-state index contributed by atoms with van der Waals surface area (Å²) < 4.78 is 31.7. The molecule has 6 heteroatoms. The Hall–Kier alpha value is -1.46. The Morgan fingerprint density at radius 2 is 1.83 bits per heavy atom. The van der Waals surface area contributed by atoms with Crippen molar-refractivity contribution in [2.24, 2.45) is 5.41 Å². The minimum atomic E-state index is -2.80. The highest BCUT2D eigenvalue weighted by atomic mass is 19.3. The van der Waals surface area contributed by atoms with E-state index >= 15 is 0 Å². The van der Waals surface area contributed by atoms with E-state index in [0.717, 1.165) is 38.5 Å². The molecule has 0 bridgehead atoms. The summed E-state index contributed by atoms with van der Waals surface area (Å²) >= 11 is 0. The van der Waals surface area contributed by atoms with Gasteiger partial charge in [0.1, 0.15) is 0 Å². The molecule has 0 aliphatic heterocycles. The SMILES string of the molecule is CC1(C)CCC(C)(NC(=O)c2oc(C3CC3)nc2C(F)F)CC1. The highest BCUT2D eigenvalue weighted by Crippen LogP contribution is 2.42. The summed E-state index contributed by atoms with van der Waals surface area (Å²) in [5.41, 5.74) is -0.633. The number of hydrogen-bond donors (Lipinski definition) is 1. The van der Waals surface area contributed by atoms with Gasteiger partial charge in [-0.25, -0.2) is 13.8 Å². The molecule has 128 valence electrons. The zero-order chi connectivity index (χ0) is 16.8. The van der Waals surface area contributed by atoms with Crippen LogP contribution in [0.3, 0.4) is 0 Å². The molecular weight excluding hydrogens is 302 g/mol. The van der Waals surface area contributed by atoms with E-state index in [2.05, 4.69) is 24.1 Å². The molecule has 0 saturated heterocycles. The molecule has 2 aliphatic rings. The van der Waals surface area contributed by atoms with Gasteiger partial charge < -0.3 is 9.73 Å². The molecule has 2 fully saturated rings. The third-order valence-electron chi connectivity index (χ3n) is 5.13. The van der Waals surface area contributed by atoms with E-state index in [1.54, 1.807) is 0 Å². The summed E-state index contributed by atoms with van der Waals surface area (Å²) in [4.78, 5) is 16.3. The summed E-state index contributed by atoms with van der Waals surface area (Å²) in [5.74, 6) is -0.504. The molecule has 0 spiro atoms. The van der Waals surface area contributed by atoms with Crippen LogP contribution >= 0.6 is 0 Å². The monoisotopic (exact) mass is 326 g/mol. The minimum absolute atomic E-state index is 0.0973. The van der Waals surface area contributed by atoms with Crippen molar-refractivity contribution in [1.82, 2.24) is 10.3 Å². The first-order valence-corrected chi connectivity index (χ1v) is 8.30. The third-order valence-corrected chi connectivity index (χ3v) is 5.13. The zero-order valence-corrected chi connectivity index (χ0v) is 13.9. The summed E-state index contributed by atoms with van der Waals surface area (Å²) in [6.07, 6.45) is 2.63. The molecule has 1 aromatic heterocycles. The van der Waals surface area contributed by atoms with E-state index in [1.165, 1.54) is 0 Å². The largest absolute Gasteiger partial charge is 0.435 e. The molecule has 2 aliphatic carbocycles. The topological polar surface area (TPSA) is 55.1 Å². The minimum Gasteiger partial charge on any atom is -0.435 e. The van der Waals surface area contributed by atoms with Gasteiger partial charge in [0.15, 0.2) is 11.6 Å². The van der Waals surface area contributed by atoms with Crippen molar-refractivity contribution in [3.63, 3.8) is 0 Å². The number of amides is 1. The van der Waals surface area contributed by atoms with E-state index in [4.69, 9.17) is 4.42 Å². The first-order valence-electron chi connectivity index (χ1n) is 8.30. The molecule has 0 unspecified atom stereocenters. The summed E-state index contributed by atoms with van der Waals surface area (Å²) in [6.45, 7) is 6.39. The number of alkyl halides is 2. The number of carbonyl (C=O) groups is 1. The number of carbonyl (C=O) groups excluding carboxylic acids is 1. The van der Waals surface area contributed by atoms with Crippen molar-refractivity contribution in [2.75, 3.05) is 0 Å². The van der Waals surface area contributed by atoms with E-state index in [1.807, 2.05) is 6.92 Å². The Morgan fingerprint density at radius 1 is 1.22 bits per heavy atom. The Morgan fingerprint density at radius 3 is 2.35 bits per heavy atom. The van der Waals surface area contributed by atoms with Gasteiger partial charge in [-0.2, -0.15) is 0 Å². The van der Waals surface area contributed by atoms with Crippen molar-refractivity contribution in [1.29, 1.82) is 0 Å². The second kappa shape index (κ2) is 5.56. The van der Waals surface area contributed by atoms with Gasteiger partial charge in [-0.05, 0) is 50.9 Å². The number of nitrogens with one attached hydrogen (secondary N) is 1. The van der Waals surface area contributed by atoms with Crippen LogP contribution in [0.1, 0.15) is 93.8 Å². The molecule has 1 amide bonds. The van der Waals surface area contributed by atoms with E-state index < -0.39 is 18.0 Å². The fourth-order valence-electron chi connectivity index (χ4n) is 3.10. The Balaban J connectivity index is 1.75. The van der Waals surface area contributed by atoms with E-state index in [9.17, 15) is 13.6 Å². The molecule has 1 heterocycles. The molecule has 23 heavy (non-hydrogen) atoms. The lowest BCUT2D eigenvalue weighted by atomic mass is 9.70. The second-order valence-electron chi connectivity index (χ2n) is 8.02. The zero-order valence-electron chi connectivity index (χ0n) is 13.9. The van der Waals surface area contributed by atoms with Crippen LogP contribution < -0.4 is 5.32 Å². The average molecular weight is 326 g/mol. The van der Waals surface area contributed by atoms with Gasteiger partial charge in [-0.3, -0.25) is 4.79 Å². The van der Waals surface area contributed by atoms with Gasteiger partial charge >= 0.3 is 0 Å².